The molecule has 0 spiro atoms. The molecule has 4 bridgehead atoms. The maximum atomic E-state index is 11.5. The van der Waals surface area contributed by atoms with Crippen LogP contribution in [-0.2, 0) is 11.2 Å². The standard InChI is InChI=1S/C35H52N4O/c1-25(40)13-16-37-17-14-26(15-18-37)22-35-36-33-11-4-5-12-34(33)39(35)32-23-29-9-6-10-30(24-32)38(29)31-20-27-7-2-3-8-28(19-27)21-31/h4-5,11-12,26-32H,2-3,6-10,13-24H2,1H3/t27-,28+,29-,30+,31-,32+. The lowest BCUT2D eigenvalue weighted by Gasteiger charge is -2.54. The van der Waals surface area contributed by atoms with E-state index in [1.54, 1.807) is 6.92 Å². The lowest BCUT2D eigenvalue weighted by atomic mass is 9.73. The zero-order valence-corrected chi connectivity index (χ0v) is 25.0. The van der Waals surface area contributed by atoms with Crippen LogP contribution < -0.4 is 0 Å². The number of imidazole rings is 1. The first kappa shape index (κ1) is 27.1. The van der Waals surface area contributed by atoms with E-state index in [9.17, 15) is 4.79 Å². The number of para-hydroxylation sites is 2. The van der Waals surface area contributed by atoms with Crippen molar-refractivity contribution in [3.05, 3.63) is 30.1 Å². The molecule has 1 aromatic heterocycles. The molecule has 6 atom stereocenters. The molecule has 0 N–H and O–H groups in total. The van der Waals surface area contributed by atoms with Gasteiger partial charge in [-0.2, -0.15) is 0 Å². The number of carbonyl (C=O) groups excluding carboxylic acids is 1. The van der Waals surface area contributed by atoms with Gasteiger partial charge < -0.3 is 9.47 Å². The van der Waals surface area contributed by atoms with Crippen LogP contribution in [-0.4, -0.2) is 62.9 Å². The highest BCUT2D eigenvalue weighted by molar-refractivity contribution is 5.76. The molecular formula is C35H52N4O. The van der Waals surface area contributed by atoms with Crippen LogP contribution in [0.5, 0.6) is 0 Å². The van der Waals surface area contributed by atoms with E-state index in [1.807, 2.05) is 0 Å². The molecule has 5 heteroatoms. The van der Waals surface area contributed by atoms with Crippen LogP contribution in [0.3, 0.4) is 0 Å². The molecular weight excluding hydrogens is 492 g/mol. The lowest BCUT2D eigenvalue weighted by molar-refractivity contribution is -0.117. The molecule has 5 aliphatic rings. The highest BCUT2D eigenvalue weighted by atomic mass is 16.1. The van der Waals surface area contributed by atoms with E-state index in [1.165, 1.54) is 107 Å². The third-order valence-electron chi connectivity index (χ3n) is 11.8. The molecule has 0 unspecified atom stereocenters. The Morgan fingerprint density at radius 3 is 2.20 bits per heavy atom. The molecule has 7 rings (SSSR count). The Kier molecular flexibility index (Phi) is 8.06. The number of carbonyl (C=O) groups is 1. The van der Waals surface area contributed by atoms with Crippen molar-refractivity contribution in [2.24, 2.45) is 17.8 Å². The van der Waals surface area contributed by atoms with Crippen LogP contribution >= 0.6 is 0 Å². The number of hydrogen-bond acceptors (Lipinski definition) is 4. The van der Waals surface area contributed by atoms with E-state index in [-0.39, 0.29) is 0 Å². The third-order valence-corrected chi connectivity index (χ3v) is 11.8. The minimum absolute atomic E-state index is 0.313. The Morgan fingerprint density at radius 2 is 1.50 bits per heavy atom. The van der Waals surface area contributed by atoms with Gasteiger partial charge >= 0.3 is 0 Å². The van der Waals surface area contributed by atoms with Crippen molar-refractivity contribution in [1.29, 1.82) is 0 Å². The van der Waals surface area contributed by atoms with Gasteiger partial charge in [0.25, 0.3) is 0 Å². The van der Waals surface area contributed by atoms with Gasteiger partial charge in [-0.15, -0.1) is 0 Å². The van der Waals surface area contributed by atoms with Crippen molar-refractivity contribution in [3.8, 4) is 0 Å². The fourth-order valence-corrected chi connectivity index (χ4v) is 9.94. The second-order valence-electron chi connectivity index (χ2n) is 14.5. The number of fused-ring (bicyclic) bond motifs is 5. The number of aromatic nitrogens is 2. The fraction of sp³-hybridized carbons (Fsp3) is 0.771. The largest absolute Gasteiger partial charge is 0.325 e. The van der Waals surface area contributed by atoms with E-state index in [2.05, 4.69) is 38.6 Å². The summed E-state index contributed by atoms with van der Waals surface area (Å²) in [6.07, 6.45) is 21.6. The number of likely N-dealkylation sites (tertiary alicyclic amines) is 1. The Hall–Kier alpha value is -1.72. The number of nitrogens with zero attached hydrogens (tertiary/aromatic N) is 4. The zero-order valence-electron chi connectivity index (χ0n) is 25.0. The van der Waals surface area contributed by atoms with Crippen LogP contribution in [0.15, 0.2) is 24.3 Å². The summed E-state index contributed by atoms with van der Waals surface area (Å²) in [6.45, 7) is 4.91. The fourth-order valence-electron chi connectivity index (χ4n) is 9.94. The number of ketones is 1. The first-order valence-corrected chi connectivity index (χ1v) is 17.1. The van der Waals surface area contributed by atoms with Crippen molar-refractivity contribution < 1.29 is 4.79 Å². The molecule has 3 saturated heterocycles. The van der Waals surface area contributed by atoms with Gasteiger partial charge in [0, 0.05) is 43.6 Å². The van der Waals surface area contributed by atoms with E-state index in [0.717, 1.165) is 56.0 Å². The molecule has 0 amide bonds. The second-order valence-corrected chi connectivity index (χ2v) is 14.5. The van der Waals surface area contributed by atoms with Crippen molar-refractivity contribution >= 4 is 16.8 Å². The van der Waals surface area contributed by atoms with Crippen LogP contribution in [0.2, 0.25) is 0 Å². The van der Waals surface area contributed by atoms with Gasteiger partial charge in [-0.1, -0.05) is 44.2 Å². The maximum absolute atomic E-state index is 11.5. The van der Waals surface area contributed by atoms with E-state index >= 15 is 0 Å². The van der Waals surface area contributed by atoms with Crippen molar-refractivity contribution in [1.82, 2.24) is 19.4 Å². The van der Waals surface area contributed by atoms with E-state index in [0.29, 0.717) is 24.2 Å². The quantitative estimate of drug-likeness (QED) is 0.370. The monoisotopic (exact) mass is 544 g/mol. The van der Waals surface area contributed by atoms with Crippen LogP contribution in [0.1, 0.15) is 115 Å². The normalized spacial score (nSPS) is 34.1. The van der Waals surface area contributed by atoms with Crippen molar-refractivity contribution in [2.45, 2.75) is 134 Å². The smallest absolute Gasteiger partial charge is 0.131 e. The first-order valence-electron chi connectivity index (χ1n) is 17.1. The predicted octanol–water partition coefficient (Wildman–Crippen LogP) is 7.19. The Bertz CT molecular complexity index is 1140. The van der Waals surface area contributed by atoms with Crippen LogP contribution in [0.25, 0.3) is 11.0 Å². The number of hydrogen-bond donors (Lipinski definition) is 0. The molecule has 4 heterocycles. The Balaban J connectivity index is 1.09. The summed E-state index contributed by atoms with van der Waals surface area (Å²) in [5.41, 5.74) is 2.57. The summed E-state index contributed by atoms with van der Waals surface area (Å²) in [6, 6.07) is 11.9. The molecule has 40 heavy (non-hydrogen) atoms. The van der Waals surface area contributed by atoms with Crippen molar-refractivity contribution in [3.63, 3.8) is 0 Å². The number of benzene rings is 1. The summed E-state index contributed by atoms with van der Waals surface area (Å²) in [4.78, 5) is 22.4. The van der Waals surface area contributed by atoms with Gasteiger partial charge in [0.15, 0.2) is 0 Å². The highest BCUT2D eigenvalue weighted by Crippen LogP contribution is 2.47. The summed E-state index contributed by atoms with van der Waals surface area (Å²) in [7, 11) is 0. The number of piperidine rings is 3. The van der Waals surface area contributed by atoms with Gasteiger partial charge in [-0.25, -0.2) is 4.98 Å². The molecule has 2 saturated carbocycles. The molecule has 1 aromatic carbocycles. The molecule has 5 fully saturated rings. The van der Waals surface area contributed by atoms with Crippen LogP contribution in [0, 0.1) is 17.8 Å². The zero-order chi connectivity index (χ0) is 27.1. The predicted molar refractivity (Wildman–Crippen MR) is 163 cm³/mol. The molecule has 2 aliphatic carbocycles. The minimum Gasteiger partial charge on any atom is -0.325 e. The second kappa shape index (κ2) is 11.9. The summed E-state index contributed by atoms with van der Waals surface area (Å²) >= 11 is 0. The Morgan fingerprint density at radius 1 is 0.800 bits per heavy atom. The summed E-state index contributed by atoms with van der Waals surface area (Å²) in [5, 5.41) is 0. The van der Waals surface area contributed by atoms with E-state index in [4.69, 9.17) is 4.98 Å². The SMILES string of the molecule is CC(=O)CCN1CCC(Cc2nc3ccccc3n2[C@H]2C[C@H]3CCC[C@@H](C2)N3[C@@H]2C[C@@H]3CCCC[C@@H](C3)C2)CC1. The third kappa shape index (κ3) is 5.67. The van der Waals surface area contributed by atoms with Gasteiger partial charge in [0.05, 0.1) is 11.0 Å². The highest BCUT2D eigenvalue weighted by Gasteiger charge is 2.45. The lowest BCUT2D eigenvalue weighted by Crippen LogP contribution is -2.58. The molecule has 5 nitrogen and oxygen atoms in total. The summed E-state index contributed by atoms with van der Waals surface area (Å²) < 4.78 is 2.74. The maximum Gasteiger partial charge on any atom is 0.131 e. The van der Waals surface area contributed by atoms with Gasteiger partial charge in [0.2, 0.25) is 0 Å². The number of Topliss-reactive ketones (excluding diaryl/α,β-unsaturated/α-hetero) is 1. The van der Waals surface area contributed by atoms with Gasteiger partial charge in [-0.3, -0.25) is 9.69 Å². The van der Waals surface area contributed by atoms with Crippen molar-refractivity contribution in [2.75, 3.05) is 19.6 Å². The summed E-state index contributed by atoms with van der Waals surface area (Å²) in [5.74, 6) is 4.37. The molecule has 2 aromatic rings. The average Bonchev–Trinajstić information content (AvgIpc) is 3.22. The number of rotatable bonds is 7. The molecule has 218 valence electrons. The van der Waals surface area contributed by atoms with Crippen LogP contribution in [0.4, 0.5) is 0 Å². The van der Waals surface area contributed by atoms with Gasteiger partial charge in [-0.05, 0) is 108 Å². The van der Waals surface area contributed by atoms with Gasteiger partial charge in [0.1, 0.15) is 11.6 Å². The average molecular weight is 545 g/mol. The molecule has 3 aliphatic heterocycles. The molecule has 0 radical (unpaired) electrons. The Labute approximate surface area is 242 Å². The topological polar surface area (TPSA) is 41.4 Å². The minimum atomic E-state index is 0.313. The first-order chi connectivity index (χ1) is 19.6. The van der Waals surface area contributed by atoms with E-state index < -0.39 is 0 Å².